The van der Waals surface area contributed by atoms with Crippen molar-refractivity contribution in [2.45, 2.75) is 97.3 Å². The predicted molar refractivity (Wildman–Crippen MR) is 106 cm³/mol. The molecule has 0 radical (unpaired) electrons. The summed E-state index contributed by atoms with van der Waals surface area (Å²) in [6.45, 7) is 9.68. The van der Waals surface area contributed by atoms with Crippen LogP contribution in [-0.2, 0) is 4.79 Å². The monoisotopic (exact) mass is 377 g/mol. The molecule has 5 unspecified atom stereocenters. The zero-order chi connectivity index (χ0) is 19.6. The van der Waals surface area contributed by atoms with E-state index in [2.05, 4.69) is 32.6 Å². The predicted octanol–water partition coefficient (Wildman–Crippen LogP) is 3.60. The molecule has 1 heterocycles. The fraction of sp³-hybridized carbons (Fsp3) is 0.957. The molecule has 0 aromatic rings. The average Bonchev–Trinajstić information content (AvgIpc) is 2.97. The van der Waals surface area contributed by atoms with Crippen molar-refractivity contribution in [3.63, 3.8) is 0 Å². The topological polar surface area (TPSA) is 60.8 Å². The molecule has 4 rings (SSSR count). The number of hydrogen-bond donors (Lipinski definition) is 2. The minimum atomic E-state index is -0.305. The van der Waals surface area contributed by atoms with Gasteiger partial charge in [0.25, 0.3) is 0 Å². The fourth-order valence-electron chi connectivity index (χ4n) is 8.48. The number of rotatable bonds is 3. The molecule has 1 saturated heterocycles. The van der Waals surface area contributed by atoms with Crippen molar-refractivity contribution < 1.29 is 15.0 Å². The first-order chi connectivity index (χ1) is 12.8. The van der Waals surface area contributed by atoms with Crippen molar-refractivity contribution >= 4 is 5.91 Å². The molecule has 4 fully saturated rings. The second-order valence-corrected chi connectivity index (χ2v) is 10.5. The van der Waals surface area contributed by atoms with Gasteiger partial charge < -0.3 is 15.1 Å². The van der Waals surface area contributed by atoms with E-state index in [9.17, 15) is 15.0 Å². The summed E-state index contributed by atoms with van der Waals surface area (Å²) in [4.78, 5) is 14.6. The molecule has 2 N–H and O–H groups in total. The second-order valence-electron chi connectivity index (χ2n) is 10.5. The molecule has 0 aromatic carbocycles. The lowest BCUT2D eigenvalue weighted by Gasteiger charge is -2.63. The smallest absolute Gasteiger partial charge is 0.222 e. The minimum absolute atomic E-state index is 0.0367. The highest BCUT2D eigenvalue weighted by Gasteiger charge is 2.64. The number of likely N-dealkylation sites (tertiary alicyclic amines) is 1. The van der Waals surface area contributed by atoms with Gasteiger partial charge in [-0.25, -0.2) is 0 Å². The van der Waals surface area contributed by atoms with Gasteiger partial charge in [0, 0.05) is 19.0 Å². The largest absolute Gasteiger partial charge is 0.393 e. The van der Waals surface area contributed by atoms with Crippen LogP contribution in [-0.4, -0.2) is 45.8 Å². The third-order valence-corrected chi connectivity index (χ3v) is 9.62. The molecule has 0 spiro atoms. The summed E-state index contributed by atoms with van der Waals surface area (Å²) < 4.78 is 0. The van der Waals surface area contributed by atoms with Crippen LogP contribution >= 0.6 is 0 Å². The number of amides is 1. The van der Waals surface area contributed by atoms with Crippen molar-refractivity contribution in [1.82, 2.24) is 4.90 Å². The number of hydrogen-bond acceptors (Lipinski definition) is 3. The summed E-state index contributed by atoms with van der Waals surface area (Å²) >= 11 is 0. The normalized spacial score (nSPS) is 50.7. The van der Waals surface area contributed by atoms with E-state index in [-0.39, 0.29) is 23.0 Å². The van der Waals surface area contributed by atoms with Crippen LogP contribution in [0.3, 0.4) is 0 Å². The van der Waals surface area contributed by atoms with Crippen LogP contribution in [0.4, 0.5) is 0 Å². The average molecular weight is 378 g/mol. The summed E-state index contributed by atoms with van der Waals surface area (Å²) in [6.07, 6.45) is 7.16. The second kappa shape index (κ2) is 6.73. The van der Waals surface area contributed by atoms with Gasteiger partial charge in [-0.3, -0.25) is 4.79 Å². The number of aliphatic hydroxyl groups is 2. The van der Waals surface area contributed by atoms with E-state index in [1.54, 1.807) is 0 Å². The van der Waals surface area contributed by atoms with Crippen LogP contribution in [0.5, 0.6) is 0 Å². The first-order valence-electron chi connectivity index (χ1n) is 11.4. The number of nitrogens with zero attached hydrogens (tertiary/aromatic N) is 1. The van der Waals surface area contributed by atoms with Crippen molar-refractivity contribution in [3.05, 3.63) is 0 Å². The van der Waals surface area contributed by atoms with Gasteiger partial charge in [-0.1, -0.05) is 20.8 Å². The van der Waals surface area contributed by atoms with Gasteiger partial charge in [-0.05, 0) is 86.4 Å². The Bertz CT molecular complexity index is 594. The number of fused-ring (bicyclic) bond motifs is 5. The molecule has 3 aliphatic carbocycles. The van der Waals surface area contributed by atoms with Gasteiger partial charge in [0.1, 0.15) is 0 Å². The fourth-order valence-corrected chi connectivity index (χ4v) is 8.48. The molecule has 9 atom stereocenters. The quantitative estimate of drug-likeness (QED) is 0.790. The van der Waals surface area contributed by atoms with Gasteiger partial charge >= 0.3 is 0 Å². The number of piperidine rings is 1. The van der Waals surface area contributed by atoms with Gasteiger partial charge in [-0.2, -0.15) is 0 Å². The molecule has 27 heavy (non-hydrogen) atoms. The van der Waals surface area contributed by atoms with E-state index in [0.717, 1.165) is 45.1 Å². The molecule has 0 bridgehead atoms. The lowest BCUT2D eigenvalue weighted by molar-refractivity contribution is -0.188. The third kappa shape index (κ3) is 2.65. The number of aliphatic hydroxyl groups excluding tert-OH is 2. The molecule has 1 aliphatic heterocycles. The Labute approximate surface area is 164 Å². The summed E-state index contributed by atoms with van der Waals surface area (Å²) in [5, 5.41) is 22.1. The van der Waals surface area contributed by atoms with E-state index in [1.807, 2.05) is 0 Å². The molecule has 154 valence electrons. The SMILES string of the molecule is CCC(O)[C@H]1CCC2C3CCC4N(CC)C(=O)CC[C@]4(C)C3[C@@H](O)C[C@@]21C. The maximum absolute atomic E-state index is 12.5. The van der Waals surface area contributed by atoms with E-state index >= 15 is 0 Å². The van der Waals surface area contributed by atoms with Crippen molar-refractivity contribution in [2.24, 2.45) is 34.5 Å². The Morgan fingerprint density at radius 3 is 2.56 bits per heavy atom. The zero-order valence-corrected chi connectivity index (χ0v) is 17.7. The van der Waals surface area contributed by atoms with E-state index in [4.69, 9.17) is 0 Å². The molecule has 4 aliphatic rings. The summed E-state index contributed by atoms with van der Waals surface area (Å²) in [7, 11) is 0. The first-order valence-corrected chi connectivity index (χ1v) is 11.4. The highest BCUT2D eigenvalue weighted by atomic mass is 16.3. The van der Waals surface area contributed by atoms with Crippen LogP contribution in [0.2, 0.25) is 0 Å². The molecular weight excluding hydrogens is 338 g/mol. The Morgan fingerprint density at radius 2 is 1.89 bits per heavy atom. The van der Waals surface area contributed by atoms with E-state index in [0.29, 0.717) is 42.0 Å². The van der Waals surface area contributed by atoms with Gasteiger partial charge in [0.05, 0.1) is 12.2 Å². The lowest BCUT2D eigenvalue weighted by Crippen LogP contribution is -2.65. The molecule has 0 aromatic heterocycles. The molecule has 4 nitrogen and oxygen atoms in total. The summed E-state index contributed by atoms with van der Waals surface area (Å²) in [5.41, 5.74) is 0.100. The van der Waals surface area contributed by atoms with Gasteiger partial charge in [-0.15, -0.1) is 0 Å². The van der Waals surface area contributed by atoms with Crippen LogP contribution in [0.15, 0.2) is 0 Å². The van der Waals surface area contributed by atoms with Crippen molar-refractivity contribution in [1.29, 1.82) is 0 Å². The molecular formula is C23H39NO3. The van der Waals surface area contributed by atoms with Crippen LogP contribution in [0, 0.1) is 34.5 Å². The standard InChI is InChI=1S/C23H39NO3/c1-5-17(25)16-9-8-15-14-7-10-19-22(3,12-11-20(27)24(19)6-2)21(14)18(26)13-23(15,16)4/h14-19,21,25-26H,5-13H2,1-4H3/t14?,15?,16-,17?,18+,19?,21?,22+,23+/m1/s1. The van der Waals surface area contributed by atoms with Crippen LogP contribution < -0.4 is 0 Å². The summed E-state index contributed by atoms with van der Waals surface area (Å²) in [5.74, 6) is 2.09. The number of carbonyl (C=O) groups excluding carboxylic acids is 1. The maximum atomic E-state index is 12.5. The van der Waals surface area contributed by atoms with Crippen LogP contribution in [0.1, 0.15) is 79.1 Å². The lowest BCUT2D eigenvalue weighted by atomic mass is 9.45. The maximum Gasteiger partial charge on any atom is 0.222 e. The van der Waals surface area contributed by atoms with Gasteiger partial charge in [0.15, 0.2) is 0 Å². The Hall–Kier alpha value is -0.610. The molecule has 1 amide bonds. The van der Waals surface area contributed by atoms with E-state index < -0.39 is 0 Å². The summed E-state index contributed by atoms with van der Waals surface area (Å²) in [6, 6.07) is 0.294. The van der Waals surface area contributed by atoms with Crippen LogP contribution in [0.25, 0.3) is 0 Å². The highest BCUT2D eigenvalue weighted by molar-refractivity contribution is 5.77. The van der Waals surface area contributed by atoms with E-state index in [1.165, 1.54) is 6.42 Å². The Balaban J connectivity index is 1.66. The van der Waals surface area contributed by atoms with Gasteiger partial charge in [0.2, 0.25) is 5.91 Å². The minimum Gasteiger partial charge on any atom is -0.393 e. The zero-order valence-electron chi connectivity index (χ0n) is 17.7. The van der Waals surface area contributed by atoms with Crippen molar-refractivity contribution in [3.8, 4) is 0 Å². The highest BCUT2D eigenvalue weighted by Crippen LogP contribution is 2.66. The Kier molecular flexibility index (Phi) is 4.91. The Morgan fingerprint density at radius 1 is 1.15 bits per heavy atom. The number of carbonyl (C=O) groups is 1. The third-order valence-electron chi connectivity index (χ3n) is 9.62. The van der Waals surface area contributed by atoms with Crippen molar-refractivity contribution in [2.75, 3.05) is 6.54 Å². The molecule has 4 heteroatoms. The first kappa shape index (κ1) is 19.7. The molecule has 3 saturated carbocycles.